The molecule has 0 bridgehead atoms. The minimum Gasteiger partial charge on any atom is -0.249 e. The SMILES string of the molecule is CCC(CC)n1nc(C(C)(C)C)c(C#N)c1Cl. The fraction of sp³-hybridized carbons (Fsp3) is 0.692. The van der Waals surface area contributed by atoms with Gasteiger partial charge in [-0.05, 0) is 12.8 Å². The van der Waals surface area contributed by atoms with Crippen LogP contribution in [0.5, 0.6) is 0 Å². The maximum absolute atomic E-state index is 9.22. The topological polar surface area (TPSA) is 41.6 Å². The van der Waals surface area contributed by atoms with E-state index in [0.29, 0.717) is 10.7 Å². The third-order valence-corrected chi connectivity index (χ3v) is 3.32. The average molecular weight is 254 g/mol. The van der Waals surface area contributed by atoms with E-state index in [0.717, 1.165) is 18.5 Å². The Labute approximate surface area is 108 Å². The van der Waals surface area contributed by atoms with Gasteiger partial charge in [-0.3, -0.25) is 0 Å². The van der Waals surface area contributed by atoms with Crippen molar-refractivity contribution in [2.24, 2.45) is 0 Å². The predicted molar refractivity (Wildman–Crippen MR) is 70.3 cm³/mol. The number of nitriles is 1. The zero-order valence-electron chi connectivity index (χ0n) is 11.2. The van der Waals surface area contributed by atoms with Gasteiger partial charge in [-0.2, -0.15) is 10.4 Å². The first kappa shape index (κ1) is 14.1. The van der Waals surface area contributed by atoms with E-state index in [-0.39, 0.29) is 11.5 Å². The zero-order chi connectivity index (χ0) is 13.2. The molecule has 4 heteroatoms. The molecule has 0 aliphatic carbocycles. The maximum Gasteiger partial charge on any atom is 0.145 e. The van der Waals surface area contributed by atoms with E-state index in [2.05, 4.69) is 25.0 Å². The second kappa shape index (κ2) is 5.10. The summed E-state index contributed by atoms with van der Waals surface area (Å²) in [4.78, 5) is 0. The molecule has 0 N–H and O–H groups in total. The molecule has 0 aromatic carbocycles. The number of rotatable bonds is 3. The highest BCUT2D eigenvalue weighted by atomic mass is 35.5. The third kappa shape index (κ3) is 2.63. The quantitative estimate of drug-likeness (QED) is 0.815. The first-order valence-corrected chi connectivity index (χ1v) is 6.43. The van der Waals surface area contributed by atoms with E-state index >= 15 is 0 Å². The van der Waals surface area contributed by atoms with Crippen molar-refractivity contribution >= 4 is 11.6 Å². The summed E-state index contributed by atoms with van der Waals surface area (Å²) in [6.07, 6.45) is 1.93. The Kier molecular flexibility index (Phi) is 4.21. The van der Waals surface area contributed by atoms with Gasteiger partial charge in [0, 0.05) is 5.41 Å². The van der Waals surface area contributed by atoms with Crippen LogP contribution in [0.15, 0.2) is 0 Å². The Balaban J connectivity index is 3.38. The summed E-state index contributed by atoms with van der Waals surface area (Å²) < 4.78 is 1.81. The molecular weight excluding hydrogens is 234 g/mol. The molecule has 0 atom stereocenters. The summed E-state index contributed by atoms with van der Waals surface area (Å²) in [5.74, 6) is 0. The van der Waals surface area contributed by atoms with Crippen molar-refractivity contribution in [1.82, 2.24) is 9.78 Å². The van der Waals surface area contributed by atoms with Gasteiger partial charge in [-0.25, -0.2) is 4.68 Å². The first-order chi connectivity index (χ1) is 7.86. The van der Waals surface area contributed by atoms with Crippen molar-refractivity contribution in [3.63, 3.8) is 0 Å². The van der Waals surface area contributed by atoms with Crippen LogP contribution in [0.2, 0.25) is 5.15 Å². The smallest absolute Gasteiger partial charge is 0.145 e. The van der Waals surface area contributed by atoms with Crippen molar-refractivity contribution in [2.75, 3.05) is 0 Å². The summed E-state index contributed by atoms with van der Waals surface area (Å²) in [5, 5.41) is 14.2. The van der Waals surface area contributed by atoms with Crippen LogP contribution in [0.4, 0.5) is 0 Å². The molecule has 1 aromatic heterocycles. The second-order valence-corrected chi connectivity index (χ2v) is 5.65. The van der Waals surface area contributed by atoms with Crippen LogP contribution in [0.1, 0.15) is 64.8 Å². The lowest BCUT2D eigenvalue weighted by molar-refractivity contribution is 0.417. The minimum atomic E-state index is -0.161. The van der Waals surface area contributed by atoms with Crippen molar-refractivity contribution in [2.45, 2.75) is 58.9 Å². The van der Waals surface area contributed by atoms with E-state index < -0.39 is 0 Å². The van der Waals surface area contributed by atoms with Gasteiger partial charge < -0.3 is 0 Å². The molecule has 0 aliphatic heterocycles. The van der Waals surface area contributed by atoms with Gasteiger partial charge in [-0.1, -0.05) is 46.2 Å². The summed E-state index contributed by atoms with van der Waals surface area (Å²) in [5.41, 5.74) is 1.15. The van der Waals surface area contributed by atoms with Crippen LogP contribution in [0.3, 0.4) is 0 Å². The summed E-state index contributed by atoms with van der Waals surface area (Å²) in [6.45, 7) is 10.3. The molecule has 1 aromatic rings. The van der Waals surface area contributed by atoms with Crippen LogP contribution in [0, 0.1) is 11.3 Å². The van der Waals surface area contributed by atoms with Gasteiger partial charge in [0.25, 0.3) is 0 Å². The number of halogens is 1. The first-order valence-electron chi connectivity index (χ1n) is 6.05. The standard InChI is InChI=1S/C13H20ClN3/c1-6-9(7-2)17-12(14)10(8-15)11(16-17)13(3,4)5/h9H,6-7H2,1-5H3. The van der Waals surface area contributed by atoms with E-state index in [1.807, 2.05) is 20.8 Å². The fourth-order valence-corrected chi connectivity index (χ4v) is 2.22. The molecule has 0 amide bonds. The van der Waals surface area contributed by atoms with E-state index in [1.54, 1.807) is 4.68 Å². The summed E-state index contributed by atoms with van der Waals surface area (Å²) in [6, 6.07) is 2.45. The monoisotopic (exact) mass is 253 g/mol. The lowest BCUT2D eigenvalue weighted by Gasteiger charge is -2.16. The number of hydrogen-bond acceptors (Lipinski definition) is 2. The zero-order valence-corrected chi connectivity index (χ0v) is 12.0. The predicted octanol–water partition coefficient (Wildman–Crippen LogP) is 4.07. The molecule has 0 fully saturated rings. The molecular formula is C13H20ClN3. The Bertz CT molecular complexity index is 431. The molecule has 0 radical (unpaired) electrons. The molecule has 0 saturated carbocycles. The van der Waals surface area contributed by atoms with Crippen LogP contribution < -0.4 is 0 Å². The third-order valence-electron chi connectivity index (χ3n) is 2.96. The van der Waals surface area contributed by atoms with Crippen LogP contribution >= 0.6 is 11.6 Å². The lowest BCUT2D eigenvalue weighted by atomic mass is 9.90. The Morgan fingerprint density at radius 1 is 1.35 bits per heavy atom. The molecule has 0 aliphatic rings. The Hall–Kier alpha value is -1.01. The molecule has 17 heavy (non-hydrogen) atoms. The molecule has 1 heterocycles. The van der Waals surface area contributed by atoms with Crippen molar-refractivity contribution in [1.29, 1.82) is 5.26 Å². The average Bonchev–Trinajstić information content (AvgIpc) is 2.58. The van der Waals surface area contributed by atoms with Crippen LogP contribution in [-0.4, -0.2) is 9.78 Å². The van der Waals surface area contributed by atoms with Gasteiger partial charge in [0.05, 0.1) is 11.7 Å². The van der Waals surface area contributed by atoms with Crippen molar-refractivity contribution < 1.29 is 0 Å². The van der Waals surface area contributed by atoms with Crippen molar-refractivity contribution in [3.05, 3.63) is 16.4 Å². The molecule has 94 valence electrons. The van der Waals surface area contributed by atoms with E-state index in [4.69, 9.17) is 11.6 Å². The van der Waals surface area contributed by atoms with E-state index in [9.17, 15) is 5.26 Å². The maximum atomic E-state index is 9.22. The fourth-order valence-electron chi connectivity index (χ4n) is 1.91. The van der Waals surface area contributed by atoms with Gasteiger partial charge in [0.2, 0.25) is 0 Å². The number of nitrogens with zero attached hydrogens (tertiary/aromatic N) is 3. The minimum absolute atomic E-state index is 0.161. The van der Waals surface area contributed by atoms with Crippen molar-refractivity contribution in [3.8, 4) is 6.07 Å². The highest BCUT2D eigenvalue weighted by Gasteiger charge is 2.27. The number of hydrogen-bond donors (Lipinski definition) is 0. The Morgan fingerprint density at radius 2 is 1.88 bits per heavy atom. The molecule has 1 rings (SSSR count). The van der Waals surface area contributed by atoms with Gasteiger partial charge in [0.15, 0.2) is 0 Å². The Morgan fingerprint density at radius 3 is 2.18 bits per heavy atom. The summed E-state index contributed by atoms with van der Waals surface area (Å²) >= 11 is 6.27. The lowest BCUT2D eigenvalue weighted by Crippen LogP contribution is -2.15. The summed E-state index contributed by atoms with van der Waals surface area (Å²) in [7, 11) is 0. The van der Waals surface area contributed by atoms with Gasteiger partial charge in [-0.15, -0.1) is 0 Å². The van der Waals surface area contributed by atoms with Gasteiger partial charge >= 0.3 is 0 Å². The van der Waals surface area contributed by atoms with Crippen LogP contribution in [0.25, 0.3) is 0 Å². The highest BCUT2D eigenvalue weighted by Crippen LogP contribution is 2.32. The van der Waals surface area contributed by atoms with E-state index in [1.165, 1.54) is 0 Å². The number of aromatic nitrogens is 2. The largest absolute Gasteiger partial charge is 0.249 e. The molecule has 0 saturated heterocycles. The molecule has 0 unspecified atom stereocenters. The van der Waals surface area contributed by atoms with Crippen LogP contribution in [-0.2, 0) is 5.41 Å². The molecule has 3 nitrogen and oxygen atoms in total. The molecule has 0 spiro atoms. The normalized spacial score (nSPS) is 11.9. The highest BCUT2D eigenvalue weighted by molar-refractivity contribution is 6.30. The van der Waals surface area contributed by atoms with Gasteiger partial charge in [0.1, 0.15) is 16.8 Å². The second-order valence-electron chi connectivity index (χ2n) is 5.29.